The highest BCUT2D eigenvalue weighted by Gasteiger charge is 2.01. The zero-order valence-electron chi connectivity index (χ0n) is 11.4. The van der Waals surface area contributed by atoms with Crippen LogP contribution in [0.3, 0.4) is 0 Å². The average Bonchev–Trinajstić information content (AvgIpc) is 2.28. The molecule has 0 aromatic rings. The molecule has 0 rings (SSSR count). The van der Waals surface area contributed by atoms with Gasteiger partial charge in [0.25, 0.3) is 0 Å². The van der Waals surface area contributed by atoms with E-state index in [9.17, 15) is 0 Å². The monoisotopic (exact) mass is 246 g/mol. The van der Waals surface area contributed by atoms with Crippen LogP contribution in [0.5, 0.6) is 0 Å². The van der Waals surface area contributed by atoms with Crippen LogP contribution in [0.4, 0.5) is 0 Å². The Morgan fingerprint density at radius 2 is 1.50 bits per heavy atom. The van der Waals surface area contributed by atoms with Gasteiger partial charge in [0.15, 0.2) is 0 Å². The molecule has 0 spiro atoms. The van der Waals surface area contributed by atoms with E-state index in [1.54, 1.807) is 0 Å². The predicted molar refractivity (Wildman–Crippen MR) is 77.5 cm³/mol. The summed E-state index contributed by atoms with van der Waals surface area (Å²) in [7, 11) is 0. The van der Waals surface area contributed by atoms with Crippen LogP contribution in [0.2, 0.25) is 0 Å². The van der Waals surface area contributed by atoms with Crippen molar-refractivity contribution in [2.45, 2.75) is 40.0 Å². The van der Waals surface area contributed by atoms with E-state index in [0.29, 0.717) is 0 Å². The molecule has 0 aromatic carbocycles. The number of thioether (sulfide) groups is 1. The van der Waals surface area contributed by atoms with Crippen molar-refractivity contribution in [2.75, 3.05) is 44.2 Å². The summed E-state index contributed by atoms with van der Waals surface area (Å²) < 4.78 is 0. The molecule has 0 bridgehead atoms. The van der Waals surface area contributed by atoms with Gasteiger partial charge in [-0.1, -0.05) is 20.8 Å². The molecule has 3 heteroatoms. The zero-order valence-corrected chi connectivity index (χ0v) is 12.2. The molecular weight excluding hydrogens is 216 g/mol. The molecule has 0 saturated heterocycles. The van der Waals surface area contributed by atoms with Gasteiger partial charge < -0.3 is 10.2 Å². The third-order valence-corrected chi connectivity index (χ3v) is 3.45. The van der Waals surface area contributed by atoms with Crippen molar-refractivity contribution in [3.05, 3.63) is 0 Å². The van der Waals surface area contributed by atoms with Crippen LogP contribution in [0.25, 0.3) is 0 Å². The molecule has 2 nitrogen and oxygen atoms in total. The van der Waals surface area contributed by atoms with Crippen LogP contribution < -0.4 is 5.32 Å². The second kappa shape index (κ2) is 13.3. The van der Waals surface area contributed by atoms with E-state index in [-0.39, 0.29) is 0 Å². The lowest BCUT2D eigenvalue weighted by Crippen LogP contribution is -2.28. The van der Waals surface area contributed by atoms with E-state index in [1.807, 2.05) is 0 Å². The Morgan fingerprint density at radius 3 is 2.06 bits per heavy atom. The molecular formula is C13H30N2S. The van der Waals surface area contributed by atoms with Gasteiger partial charge in [-0.15, -0.1) is 0 Å². The summed E-state index contributed by atoms with van der Waals surface area (Å²) in [4.78, 5) is 2.59. The summed E-state index contributed by atoms with van der Waals surface area (Å²) in [6.45, 7) is 12.9. The largest absolute Gasteiger partial charge is 0.316 e. The summed E-state index contributed by atoms with van der Waals surface area (Å²) in [6.07, 6.45) is 3.80. The normalized spacial score (nSPS) is 11.2. The van der Waals surface area contributed by atoms with Crippen molar-refractivity contribution >= 4 is 11.8 Å². The number of nitrogens with zero attached hydrogens (tertiary/aromatic N) is 1. The molecule has 0 atom stereocenters. The summed E-state index contributed by atoms with van der Waals surface area (Å²) in [5.74, 6) is 2.54. The van der Waals surface area contributed by atoms with Gasteiger partial charge in [0, 0.05) is 24.6 Å². The number of hydrogen-bond donors (Lipinski definition) is 1. The van der Waals surface area contributed by atoms with Gasteiger partial charge in [-0.3, -0.25) is 0 Å². The van der Waals surface area contributed by atoms with Crippen LogP contribution in [0.15, 0.2) is 0 Å². The maximum atomic E-state index is 3.44. The summed E-state index contributed by atoms with van der Waals surface area (Å²) in [5, 5.41) is 3.44. The molecule has 0 aliphatic heterocycles. The van der Waals surface area contributed by atoms with Crippen molar-refractivity contribution in [3.63, 3.8) is 0 Å². The molecule has 0 aromatic heterocycles. The van der Waals surface area contributed by atoms with Gasteiger partial charge in [0.2, 0.25) is 0 Å². The predicted octanol–water partition coefficient (Wildman–Crippen LogP) is 2.84. The first-order valence-electron chi connectivity index (χ1n) is 6.85. The minimum atomic E-state index is 1.17. The lowest BCUT2D eigenvalue weighted by molar-refractivity contribution is 0.292. The van der Waals surface area contributed by atoms with Crippen molar-refractivity contribution in [1.82, 2.24) is 10.2 Å². The fourth-order valence-electron chi connectivity index (χ4n) is 1.71. The molecule has 0 saturated carbocycles. The Kier molecular flexibility index (Phi) is 13.6. The maximum absolute atomic E-state index is 3.44. The molecule has 16 heavy (non-hydrogen) atoms. The smallest absolute Gasteiger partial charge is 0.00723 e. The Labute approximate surface area is 107 Å². The molecule has 0 radical (unpaired) electrons. The fourth-order valence-corrected chi connectivity index (χ4v) is 2.59. The highest BCUT2D eigenvalue weighted by Crippen LogP contribution is 2.01. The summed E-state index contributed by atoms with van der Waals surface area (Å²) >= 11 is 2.08. The van der Waals surface area contributed by atoms with E-state index < -0.39 is 0 Å². The van der Waals surface area contributed by atoms with Crippen molar-refractivity contribution in [1.29, 1.82) is 0 Å². The quantitative estimate of drug-likeness (QED) is 0.533. The van der Waals surface area contributed by atoms with Crippen LogP contribution >= 0.6 is 11.8 Å². The van der Waals surface area contributed by atoms with E-state index in [1.165, 1.54) is 63.5 Å². The standard InChI is InChI=1S/C13H30N2S/c1-4-7-14-8-12-16-13-11-15(9-5-2)10-6-3/h14H,4-13H2,1-3H3. The second-order valence-electron chi connectivity index (χ2n) is 4.20. The third-order valence-electron chi connectivity index (χ3n) is 2.48. The zero-order chi connectivity index (χ0) is 12.1. The van der Waals surface area contributed by atoms with E-state index >= 15 is 0 Å². The molecule has 0 fully saturated rings. The van der Waals surface area contributed by atoms with Crippen LogP contribution in [-0.4, -0.2) is 49.1 Å². The molecule has 1 N–H and O–H groups in total. The van der Waals surface area contributed by atoms with Crippen molar-refractivity contribution in [3.8, 4) is 0 Å². The van der Waals surface area contributed by atoms with Gasteiger partial charge in [0.1, 0.15) is 0 Å². The van der Waals surface area contributed by atoms with Crippen LogP contribution in [0.1, 0.15) is 40.0 Å². The number of hydrogen-bond acceptors (Lipinski definition) is 3. The van der Waals surface area contributed by atoms with Gasteiger partial charge >= 0.3 is 0 Å². The fraction of sp³-hybridized carbons (Fsp3) is 1.00. The van der Waals surface area contributed by atoms with E-state index in [4.69, 9.17) is 0 Å². The topological polar surface area (TPSA) is 15.3 Å². The average molecular weight is 246 g/mol. The van der Waals surface area contributed by atoms with Crippen LogP contribution in [-0.2, 0) is 0 Å². The molecule has 98 valence electrons. The lowest BCUT2D eigenvalue weighted by Gasteiger charge is -2.20. The van der Waals surface area contributed by atoms with E-state index in [2.05, 4.69) is 42.7 Å². The van der Waals surface area contributed by atoms with Gasteiger partial charge in [-0.25, -0.2) is 0 Å². The van der Waals surface area contributed by atoms with E-state index in [0.717, 1.165) is 0 Å². The van der Waals surface area contributed by atoms with Gasteiger partial charge in [-0.2, -0.15) is 11.8 Å². The summed E-state index contributed by atoms with van der Waals surface area (Å²) in [6, 6.07) is 0. The first kappa shape index (κ1) is 16.3. The van der Waals surface area contributed by atoms with Crippen LogP contribution in [0, 0.1) is 0 Å². The van der Waals surface area contributed by atoms with Gasteiger partial charge in [-0.05, 0) is 38.9 Å². The highest BCUT2D eigenvalue weighted by molar-refractivity contribution is 7.99. The number of nitrogens with one attached hydrogen (secondary N) is 1. The minimum absolute atomic E-state index is 1.17. The summed E-state index contributed by atoms with van der Waals surface area (Å²) in [5.41, 5.74) is 0. The highest BCUT2D eigenvalue weighted by atomic mass is 32.2. The second-order valence-corrected chi connectivity index (χ2v) is 5.43. The Morgan fingerprint density at radius 1 is 0.812 bits per heavy atom. The number of rotatable bonds is 12. The maximum Gasteiger partial charge on any atom is 0.00723 e. The molecule has 0 aliphatic carbocycles. The SMILES string of the molecule is CCCNCCSCCN(CCC)CCC. The molecule has 0 amide bonds. The molecule has 0 heterocycles. The lowest BCUT2D eigenvalue weighted by atomic mass is 10.3. The Hall–Kier alpha value is 0.270. The third kappa shape index (κ3) is 10.8. The first-order chi connectivity index (χ1) is 7.85. The van der Waals surface area contributed by atoms with Crippen molar-refractivity contribution < 1.29 is 0 Å². The molecule has 0 aliphatic rings. The van der Waals surface area contributed by atoms with Crippen molar-refractivity contribution in [2.24, 2.45) is 0 Å². The first-order valence-corrected chi connectivity index (χ1v) is 8.01. The Bertz CT molecular complexity index is 125. The molecule has 0 unspecified atom stereocenters. The Balaban J connectivity index is 3.25. The minimum Gasteiger partial charge on any atom is -0.316 e. The van der Waals surface area contributed by atoms with Gasteiger partial charge in [0.05, 0.1) is 0 Å².